The maximum absolute atomic E-state index is 6.16. The molecule has 0 amide bonds. The van der Waals surface area contributed by atoms with Gasteiger partial charge in [-0.3, -0.25) is 0 Å². The van der Waals surface area contributed by atoms with Crippen molar-refractivity contribution in [3.63, 3.8) is 0 Å². The topological polar surface area (TPSA) is 68.3 Å². The fraction of sp³-hybridized carbons (Fsp3) is 0.200. The molecule has 0 saturated carbocycles. The molecular weight excluding hydrogens is 364 g/mol. The molecule has 0 unspecified atom stereocenters. The number of benzene rings is 2. The summed E-state index contributed by atoms with van der Waals surface area (Å²) in [5.41, 5.74) is 2.01. The summed E-state index contributed by atoms with van der Waals surface area (Å²) < 4.78 is 10.4. The second kappa shape index (κ2) is 9.09. The first-order valence-corrected chi connectivity index (χ1v) is 8.86. The van der Waals surface area contributed by atoms with E-state index in [1.165, 1.54) is 5.56 Å². The Balaban J connectivity index is 1.59. The summed E-state index contributed by atoms with van der Waals surface area (Å²) in [4.78, 5) is 8.73. The first-order chi connectivity index (χ1) is 13.2. The van der Waals surface area contributed by atoms with E-state index in [9.17, 15) is 0 Å². The highest BCUT2D eigenvalue weighted by molar-refractivity contribution is 6.32. The summed E-state index contributed by atoms with van der Waals surface area (Å²) in [6.45, 7) is 0.713. The molecule has 0 atom stereocenters. The standard InChI is InChI=1S/C20H21ClN4O2/c1-26-16-5-3-4-14(12-16)8-10-22-20-23-11-9-19(25-20)24-15-6-7-18(27-2)17(21)13-15/h3-7,9,11-13H,8,10H2,1-2H3,(H2,22,23,24,25). The van der Waals surface area contributed by atoms with Crippen molar-refractivity contribution in [2.24, 2.45) is 0 Å². The number of aromatic nitrogens is 2. The molecule has 0 aliphatic heterocycles. The van der Waals surface area contributed by atoms with Crippen molar-refractivity contribution in [1.82, 2.24) is 9.97 Å². The Morgan fingerprint density at radius 3 is 2.70 bits per heavy atom. The Labute approximate surface area is 163 Å². The summed E-state index contributed by atoms with van der Waals surface area (Å²) in [6, 6.07) is 15.3. The minimum absolute atomic E-state index is 0.535. The Morgan fingerprint density at radius 1 is 1.04 bits per heavy atom. The van der Waals surface area contributed by atoms with Gasteiger partial charge in [0.15, 0.2) is 0 Å². The second-order valence-electron chi connectivity index (χ2n) is 5.77. The molecule has 140 valence electrons. The molecule has 3 rings (SSSR count). The monoisotopic (exact) mass is 384 g/mol. The lowest BCUT2D eigenvalue weighted by Gasteiger charge is -2.10. The van der Waals surface area contributed by atoms with Gasteiger partial charge in [0.25, 0.3) is 0 Å². The lowest BCUT2D eigenvalue weighted by atomic mass is 10.1. The molecule has 0 aliphatic carbocycles. The first kappa shape index (κ1) is 18.8. The van der Waals surface area contributed by atoms with Gasteiger partial charge in [0.1, 0.15) is 17.3 Å². The number of nitrogens with one attached hydrogen (secondary N) is 2. The van der Waals surface area contributed by atoms with Crippen molar-refractivity contribution < 1.29 is 9.47 Å². The van der Waals surface area contributed by atoms with E-state index in [-0.39, 0.29) is 0 Å². The van der Waals surface area contributed by atoms with Gasteiger partial charge >= 0.3 is 0 Å². The van der Waals surface area contributed by atoms with Crippen LogP contribution < -0.4 is 20.1 Å². The molecule has 0 bridgehead atoms. The highest BCUT2D eigenvalue weighted by Crippen LogP contribution is 2.28. The molecular formula is C20H21ClN4O2. The van der Waals surface area contributed by atoms with Crippen LogP contribution in [0, 0.1) is 0 Å². The van der Waals surface area contributed by atoms with Gasteiger partial charge in [-0.2, -0.15) is 4.98 Å². The van der Waals surface area contributed by atoms with Crippen LogP contribution in [0.3, 0.4) is 0 Å². The average molecular weight is 385 g/mol. The van der Waals surface area contributed by atoms with E-state index in [1.54, 1.807) is 38.6 Å². The first-order valence-electron chi connectivity index (χ1n) is 8.48. The van der Waals surface area contributed by atoms with E-state index >= 15 is 0 Å². The minimum atomic E-state index is 0.535. The summed E-state index contributed by atoms with van der Waals surface area (Å²) in [6.07, 6.45) is 2.54. The number of hydrogen-bond donors (Lipinski definition) is 2. The van der Waals surface area contributed by atoms with E-state index < -0.39 is 0 Å². The molecule has 27 heavy (non-hydrogen) atoms. The molecule has 0 radical (unpaired) electrons. The number of rotatable bonds is 8. The molecule has 0 fully saturated rings. The molecule has 1 heterocycles. The maximum Gasteiger partial charge on any atom is 0.224 e. The molecule has 1 aromatic heterocycles. The normalized spacial score (nSPS) is 10.3. The van der Waals surface area contributed by atoms with Gasteiger partial charge in [0.2, 0.25) is 5.95 Å². The van der Waals surface area contributed by atoms with Crippen LogP contribution in [0.1, 0.15) is 5.56 Å². The fourth-order valence-electron chi connectivity index (χ4n) is 2.55. The highest BCUT2D eigenvalue weighted by atomic mass is 35.5. The van der Waals surface area contributed by atoms with Gasteiger partial charge in [-0.1, -0.05) is 23.7 Å². The Hall–Kier alpha value is -2.99. The molecule has 2 aromatic carbocycles. The largest absolute Gasteiger partial charge is 0.497 e. The molecule has 6 nitrogen and oxygen atoms in total. The van der Waals surface area contributed by atoms with Crippen LogP contribution in [0.25, 0.3) is 0 Å². The molecule has 0 saturated heterocycles. The third-order valence-corrected chi connectivity index (χ3v) is 4.21. The molecule has 3 aromatic rings. The fourth-order valence-corrected chi connectivity index (χ4v) is 2.81. The van der Waals surface area contributed by atoms with Crippen molar-refractivity contribution in [3.8, 4) is 11.5 Å². The Bertz CT molecular complexity index is 905. The van der Waals surface area contributed by atoms with Crippen LogP contribution in [0.15, 0.2) is 54.7 Å². The zero-order chi connectivity index (χ0) is 19.1. The van der Waals surface area contributed by atoms with Crippen LogP contribution in [0.5, 0.6) is 11.5 Å². The summed E-state index contributed by atoms with van der Waals surface area (Å²) in [5, 5.41) is 6.98. The number of hydrogen-bond acceptors (Lipinski definition) is 6. The van der Waals surface area contributed by atoms with Crippen LogP contribution in [-0.4, -0.2) is 30.7 Å². The van der Waals surface area contributed by atoms with Gasteiger partial charge < -0.3 is 20.1 Å². The zero-order valence-electron chi connectivity index (χ0n) is 15.2. The van der Waals surface area contributed by atoms with Crippen LogP contribution >= 0.6 is 11.6 Å². The average Bonchev–Trinajstić information content (AvgIpc) is 2.69. The predicted molar refractivity (Wildman–Crippen MR) is 109 cm³/mol. The number of halogens is 1. The van der Waals surface area contributed by atoms with E-state index in [4.69, 9.17) is 21.1 Å². The van der Waals surface area contributed by atoms with Gasteiger partial charge in [0.05, 0.1) is 19.2 Å². The Kier molecular flexibility index (Phi) is 6.33. The summed E-state index contributed by atoms with van der Waals surface area (Å²) >= 11 is 6.16. The van der Waals surface area contributed by atoms with Crippen molar-refractivity contribution >= 4 is 29.1 Å². The molecule has 0 spiro atoms. The van der Waals surface area contributed by atoms with Crippen LogP contribution in [0.2, 0.25) is 5.02 Å². The Morgan fingerprint density at radius 2 is 1.93 bits per heavy atom. The third-order valence-electron chi connectivity index (χ3n) is 3.91. The van der Waals surface area contributed by atoms with Crippen molar-refractivity contribution in [1.29, 1.82) is 0 Å². The number of nitrogens with zero attached hydrogens (tertiary/aromatic N) is 2. The zero-order valence-corrected chi connectivity index (χ0v) is 16.0. The maximum atomic E-state index is 6.16. The van der Waals surface area contributed by atoms with Gasteiger partial charge in [0, 0.05) is 18.4 Å². The van der Waals surface area contributed by atoms with E-state index in [1.807, 2.05) is 24.3 Å². The van der Waals surface area contributed by atoms with E-state index in [0.29, 0.717) is 29.1 Å². The van der Waals surface area contributed by atoms with Gasteiger partial charge in [-0.25, -0.2) is 4.98 Å². The number of methoxy groups -OCH3 is 2. The van der Waals surface area contributed by atoms with Crippen LogP contribution in [-0.2, 0) is 6.42 Å². The van der Waals surface area contributed by atoms with Gasteiger partial charge in [-0.15, -0.1) is 0 Å². The lowest BCUT2D eigenvalue weighted by Crippen LogP contribution is -2.08. The van der Waals surface area contributed by atoms with E-state index in [0.717, 1.165) is 17.9 Å². The van der Waals surface area contributed by atoms with Gasteiger partial charge in [-0.05, 0) is 48.4 Å². The second-order valence-corrected chi connectivity index (χ2v) is 6.18. The minimum Gasteiger partial charge on any atom is -0.497 e. The lowest BCUT2D eigenvalue weighted by molar-refractivity contribution is 0.414. The molecule has 7 heteroatoms. The quantitative estimate of drug-likeness (QED) is 0.594. The van der Waals surface area contributed by atoms with E-state index in [2.05, 4.69) is 26.7 Å². The van der Waals surface area contributed by atoms with Crippen molar-refractivity contribution in [2.75, 3.05) is 31.4 Å². The van der Waals surface area contributed by atoms with Crippen molar-refractivity contribution in [3.05, 3.63) is 65.3 Å². The summed E-state index contributed by atoms with van der Waals surface area (Å²) in [5.74, 6) is 2.72. The number of anilines is 3. The molecule has 0 aliphatic rings. The SMILES string of the molecule is COc1cccc(CCNc2nccc(Nc3ccc(OC)c(Cl)c3)n2)c1. The third kappa shape index (κ3) is 5.24. The number of ether oxygens (including phenoxy) is 2. The van der Waals surface area contributed by atoms with Crippen LogP contribution in [0.4, 0.5) is 17.5 Å². The smallest absolute Gasteiger partial charge is 0.224 e. The summed E-state index contributed by atoms with van der Waals surface area (Å²) in [7, 11) is 3.25. The highest BCUT2D eigenvalue weighted by Gasteiger charge is 2.04. The molecule has 2 N–H and O–H groups in total. The van der Waals surface area contributed by atoms with Crippen molar-refractivity contribution in [2.45, 2.75) is 6.42 Å². The predicted octanol–water partition coefficient (Wildman–Crippen LogP) is 4.55.